The highest BCUT2D eigenvalue weighted by Gasteiger charge is 2.10. The minimum absolute atomic E-state index is 0.206. The zero-order valence-electron chi connectivity index (χ0n) is 12.5. The van der Waals surface area contributed by atoms with Crippen molar-refractivity contribution in [1.82, 2.24) is 15.1 Å². The van der Waals surface area contributed by atoms with Crippen molar-refractivity contribution in [3.8, 4) is 0 Å². The summed E-state index contributed by atoms with van der Waals surface area (Å²) in [4.78, 5) is 23.8. The van der Waals surface area contributed by atoms with Crippen LogP contribution in [0.2, 0.25) is 5.02 Å². The number of benzene rings is 1. The van der Waals surface area contributed by atoms with Crippen LogP contribution in [-0.4, -0.2) is 15.7 Å². The molecule has 1 aromatic heterocycles. The Hall–Kier alpha value is -2.14. The van der Waals surface area contributed by atoms with Crippen molar-refractivity contribution in [2.45, 2.75) is 26.9 Å². The van der Waals surface area contributed by atoms with E-state index in [1.807, 2.05) is 26.0 Å². The van der Waals surface area contributed by atoms with Crippen LogP contribution in [-0.2, 0) is 13.1 Å². The summed E-state index contributed by atoms with van der Waals surface area (Å²) < 4.78 is 1.32. The van der Waals surface area contributed by atoms with Gasteiger partial charge in [0.05, 0.1) is 0 Å². The molecule has 0 aliphatic rings. The van der Waals surface area contributed by atoms with Gasteiger partial charge in [-0.3, -0.25) is 9.59 Å². The molecule has 6 heteroatoms. The first kappa shape index (κ1) is 16.2. The second kappa shape index (κ2) is 7.22. The van der Waals surface area contributed by atoms with Crippen molar-refractivity contribution in [2.75, 3.05) is 0 Å². The Kier molecular flexibility index (Phi) is 5.33. The van der Waals surface area contributed by atoms with Gasteiger partial charge in [0.25, 0.3) is 11.5 Å². The summed E-state index contributed by atoms with van der Waals surface area (Å²) in [5.41, 5.74) is 0.963. The number of aromatic nitrogens is 2. The molecule has 0 radical (unpaired) electrons. The fourth-order valence-corrected chi connectivity index (χ4v) is 2.05. The third-order valence-electron chi connectivity index (χ3n) is 3.00. The molecule has 2 aromatic rings. The van der Waals surface area contributed by atoms with E-state index in [0.29, 0.717) is 18.1 Å². The number of carbonyl (C=O) groups is 1. The first-order valence-corrected chi connectivity index (χ1v) is 7.44. The van der Waals surface area contributed by atoms with Gasteiger partial charge in [-0.15, -0.1) is 0 Å². The molecule has 0 aliphatic carbocycles. The molecule has 116 valence electrons. The standard InChI is InChI=1S/C16H18ClN3O2/c1-11(2)10-20-15(21)8-7-14(19-20)16(22)18-9-12-3-5-13(17)6-4-12/h3-8,11H,9-10H2,1-2H3,(H,18,22). The molecule has 1 amide bonds. The number of halogens is 1. The van der Waals surface area contributed by atoms with Crippen LogP contribution in [0.5, 0.6) is 0 Å². The van der Waals surface area contributed by atoms with Crippen molar-refractivity contribution < 1.29 is 4.79 Å². The number of carbonyl (C=O) groups excluding carboxylic acids is 1. The van der Waals surface area contributed by atoms with E-state index in [9.17, 15) is 9.59 Å². The first-order chi connectivity index (χ1) is 10.5. The second-order valence-corrected chi connectivity index (χ2v) is 5.88. The van der Waals surface area contributed by atoms with Crippen molar-refractivity contribution in [2.24, 2.45) is 5.92 Å². The second-order valence-electron chi connectivity index (χ2n) is 5.44. The molecular weight excluding hydrogens is 302 g/mol. The molecule has 0 saturated carbocycles. The first-order valence-electron chi connectivity index (χ1n) is 7.06. The summed E-state index contributed by atoms with van der Waals surface area (Å²) in [7, 11) is 0. The predicted molar refractivity (Wildman–Crippen MR) is 86.0 cm³/mol. The molecule has 0 fully saturated rings. The van der Waals surface area contributed by atoms with E-state index in [2.05, 4.69) is 10.4 Å². The van der Waals surface area contributed by atoms with Gasteiger partial charge in [0, 0.05) is 24.2 Å². The smallest absolute Gasteiger partial charge is 0.271 e. The van der Waals surface area contributed by atoms with Gasteiger partial charge >= 0.3 is 0 Å². The molecule has 0 bridgehead atoms. The summed E-state index contributed by atoms with van der Waals surface area (Å²) in [6.45, 7) is 4.83. The molecular formula is C16H18ClN3O2. The average molecular weight is 320 g/mol. The summed E-state index contributed by atoms with van der Waals surface area (Å²) >= 11 is 5.81. The Morgan fingerprint density at radius 3 is 2.55 bits per heavy atom. The van der Waals surface area contributed by atoms with Crippen LogP contribution in [0, 0.1) is 5.92 Å². The maximum atomic E-state index is 12.1. The Morgan fingerprint density at radius 2 is 1.91 bits per heavy atom. The molecule has 0 aliphatic heterocycles. The van der Waals surface area contributed by atoms with E-state index in [1.165, 1.54) is 16.8 Å². The Balaban J connectivity index is 2.06. The Bertz CT molecular complexity index is 708. The van der Waals surface area contributed by atoms with E-state index < -0.39 is 0 Å². The van der Waals surface area contributed by atoms with Crippen LogP contribution >= 0.6 is 11.6 Å². The van der Waals surface area contributed by atoms with Crippen molar-refractivity contribution >= 4 is 17.5 Å². The lowest BCUT2D eigenvalue weighted by Crippen LogP contribution is -2.30. The highest BCUT2D eigenvalue weighted by atomic mass is 35.5. The van der Waals surface area contributed by atoms with Gasteiger partial charge in [-0.1, -0.05) is 37.6 Å². The van der Waals surface area contributed by atoms with Gasteiger partial charge in [0.2, 0.25) is 0 Å². The largest absolute Gasteiger partial charge is 0.347 e. The summed E-state index contributed by atoms with van der Waals surface area (Å²) in [5.74, 6) is -0.0370. The fourth-order valence-electron chi connectivity index (χ4n) is 1.92. The topological polar surface area (TPSA) is 64.0 Å². The van der Waals surface area contributed by atoms with Gasteiger partial charge < -0.3 is 5.32 Å². The normalized spacial score (nSPS) is 10.7. The highest BCUT2D eigenvalue weighted by molar-refractivity contribution is 6.30. The van der Waals surface area contributed by atoms with E-state index in [1.54, 1.807) is 12.1 Å². The number of nitrogens with one attached hydrogen (secondary N) is 1. The lowest BCUT2D eigenvalue weighted by atomic mass is 10.2. The maximum Gasteiger partial charge on any atom is 0.271 e. The minimum atomic E-state index is -0.313. The van der Waals surface area contributed by atoms with E-state index in [-0.39, 0.29) is 23.1 Å². The zero-order chi connectivity index (χ0) is 16.1. The number of rotatable bonds is 5. The SMILES string of the molecule is CC(C)Cn1nc(C(=O)NCc2ccc(Cl)cc2)ccc1=O. The van der Waals surface area contributed by atoms with Crippen molar-refractivity contribution in [3.63, 3.8) is 0 Å². The van der Waals surface area contributed by atoms with Gasteiger partial charge in [-0.05, 0) is 29.7 Å². The average Bonchev–Trinajstić information content (AvgIpc) is 2.48. The molecule has 5 nitrogen and oxygen atoms in total. The van der Waals surface area contributed by atoms with Crippen LogP contribution in [0.1, 0.15) is 29.9 Å². The molecule has 0 unspecified atom stereocenters. The van der Waals surface area contributed by atoms with Gasteiger partial charge in [-0.25, -0.2) is 4.68 Å². The number of amides is 1. The maximum absolute atomic E-state index is 12.1. The summed E-state index contributed by atoms with van der Waals surface area (Å²) in [5, 5.41) is 7.54. The van der Waals surface area contributed by atoms with Crippen molar-refractivity contribution in [1.29, 1.82) is 0 Å². The quantitative estimate of drug-likeness (QED) is 0.921. The van der Waals surface area contributed by atoms with Crippen LogP contribution < -0.4 is 10.9 Å². The molecule has 1 N–H and O–H groups in total. The van der Waals surface area contributed by atoms with Crippen LogP contribution in [0.3, 0.4) is 0 Å². The van der Waals surface area contributed by atoms with Crippen LogP contribution in [0.15, 0.2) is 41.2 Å². The minimum Gasteiger partial charge on any atom is -0.347 e. The summed E-state index contributed by atoms with van der Waals surface area (Å²) in [6.07, 6.45) is 0. The van der Waals surface area contributed by atoms with E-state index in [0.717, 1.165) is 5.56 Å². The molecule has 1 aromatic carbocycles. The van der Waals surface area contributed by atoms with Gasteiger partial charge in [0.15, 0.2) is 0 Å². The Labute approximate surface area is 133 Å². The molecule has 0 saturated heterocycles. The van der Waals surface area contributed by atoms with Gasteiger partial charge in [0.1, 0.15) is 5.69 Å². The number of hydrogen-bond acceptors (Lipinski definition) is 3. The molecule has 22 heavy (non-hydrogen) atoms. The predicted octanol–water partition coefficient (Wildman–Crippen LogP) is 2.48. The van der Waals surface area contributed by atoms with Crippen molar-refractivity contribution in [3.05, 3.63) is 63.0 Å². The Morgan fingerprint density at radius 1 is 1.23 bits per heavy atom. The summed E-state index contributed by atoms with van der Waals surface area (Å²) in [6, 6.07) is 10.0. The highest BCUT2D eigenvalue weighted by Crippen LogP contribution is 2.09. The molecule has 1 heterocycles. The lowest BCUT2D eigenvalue weighted by Gasteiger charge is -2.09. The third kappa shape index (κ3) is 4.43. The molecule has 0 spiro atoms. The van der Waals surface area contributed by atoms with E-state index in [4.69, 9.17) is 11.6 Å². The number of nitrogens with zero attached hydrogens (tertiary/aromatic N) is 2. The van der Waals surface area contributed by atoms with Crippen LogP contribution in [0.4, 0.5) is 0 Å². The third-order valence-corrected chi connectivity index (χ3v) is 3.26. The molecule has 0 atom stereocenters. The number of hydrogen-bond donors (Lipinski definition) is 1. The fraction of sp³-hybridized carbons (Fsp3) is 0.312. The van der Waals surface area contributed by atoms with Crippen LogP contribution in [0.25, 0.3) is 0 Å². The zero-order valence-corrected chi connectivity index (χ0v) is 13.3. The monoisotopic (exact) mass is 319 g/mol. The lowest BCUT2D eigenvalue weighted by molar-refractivity contribution is 0.0943. The van der Waals surface area contributed by atoms with E-state index >= 15 is 0 Å². The van der Waals surface area contributed by atoms with Gasteiger partial charge in [-0.2, -0.15) is 5.10 Å². The molecule has 2 rings (SSSR count).